The van der Waals surface area contributed by atoms with Crippen LogP contribution >= 0.6 is 11.6 Å². The molecular weight excluding hydrogens is 386 g/mol. The van der Waals surface area contributed by atoms with Crippen LogP contribution in [0.5, 0.6) is 0 Å². The third kappa shape index (κ3) is 3.32. The number of nitrogens with zero attached hydrogens (tertiary/aromatic N) is 4. The molecule has 1 aliphatic rings. The molecule has 0 unspecified atom stereocenters. The van der Waals surface area contributed by atoms with Gasteiger partial charge in [0, 0.05) is 30.8 Å². The molecule has 4 heterocycles. The highest BCUT2D eigenvalue weighted by Crippen LogP contribution is 2.30. The Kier molecular flexibility index (Phi) is 4.41. The highest BCUT2D eigenvalue weighted by atomic mass is 35.5. The van der Waals surface area contributed by atoms with Gasteiger partial charge in [-0.2, -0.15) is 0 Å². The van der Waals surface area contributed by atoms with E-state index in [0.29, 0.717) is 29.5 Å². The van der Waals surface area contributed by atoms with Crippen LogP contribution in [0.1, 0.15) is 21.6 Å². The SMILES string of the molecule is O=C(c1cccnc1NCc1cn2cc(Cl)ccc2n1)N1CCc2ccccc21. The summed E-state index contributed by atoms with van der Waals surface area (Å²) < 4.78 is 1.88. The van der Waals surface area contributed by atoms with Crippen molar-refractivity contribution in [1.29, 1.82) is 0 Å². The number of aromatic nitrogens is 3. The summed E-state index contributed by atoms with van der Waals surface area (Å²) in [4.78, 5) is 24.0. The van der Waals surface area contributed by atoms with E-state index < -0.39 is 0 Å². The first-order chi connectivity index (χ1) is 14.2. The lowest BCUT2D eigenvalue weighted by atomic mass is 10.1. The van der Waals surface area contributed by atoms with Crippen molar-refractivity contribution in [2.24, 2.45) is 0 Å². The van der Waals surface area contributed by atoms with Crippen molar-refractivity contribution in [2.45, 2.75) is 13.0 Å². The summed E-state index contributed by atoms with van der Waals surface area (Å²) in [7, 11) is 0. The molecule has 6 nitrogen and oxygen atoms in total. The summed E-state index contributed by atoms with van der Waals surface area (Å²) in [6, 6.07) is 15.3. The quantitative estimate of drug-likeness (QED) is 0.554. The van der Waals surface area contributed by atoms with Crippen molar-refractivity contribution in [3.63, 3.8) is 0 Å². The van der Waals surface area contributed by atoms with Crippen LogP contribution in [0.25, 0.3) is 5.65 Å². The molecule has 0 fully saturated rings. The van der Waals surface area contributed by atoms with Crippen LogP contribution < -0.4 is 10.2 Å². The van der Waals surface area contributed by atoms with Crippen molar-refractivity contribution in [3.05, 3.63) is 89.0 Å². The number of halogens is 1. The second kappa shape index (κ2) is 7.22. The number of nitrogens with one attached hydrogen (secondary N) is 1. The van der Waals surface area contributed by atoms with Gasteiger partial charge in [0.15, 0.2) is 0 Å². The maximum atomic E-state index is 13.2. The lowest BCUT2D eigenvalue weighted by Crippen LogP contribution is -2.29. The Hall–Kier alpha value is -3.38. The molecule has 0 spiro atoms. The number of hydrogen-bond acceptors (Lipinski definition) is 4. The number of amides is 1. The van der Waals surface area contributed by atoms with E-state index in [4.69, 9.17) is 11.6 Å². The van der Waals surface area contributed by atoms with E-state index in [-0.39, 0.29) is 5.91 Å². The Morgan fingerprint density at radius 3 is 2.93 bits per heavy atom. The zero-order valence-electron chi connectivity index (χ0n) is 15.5. The Bertz CT molecular complexity index is 1220. The maximum absolute atomic E-state index is 13.2. The van der Waals surface area contributed by atoms with Gasteiger partial charge in [0.1, 0.15) is 11.5 Å². The minimum atomic E-state index is -0.0488. The second-order valence-electron chi connectivity index (χ2n) is 6.93. The number of carbonyl (C=O) groups excluding carboxylic acids is 1. The van der Waals surface area contributed by atoms with Gasteiger partial charge in [-0.3, -0.25) is 4.79 Å². The standard InChI is InChI=1S/C22H18ClN5O/c23-16-7-8-20-26-17(14-27(20)13-16)12-25-21-18(5-3-10-24-21)22(29)28-11-9-15-4-1-2-6-19(15)28/h1-8,10,13-14H,9,11-12H2,(H,24,25). The van der Waals surface area contributed by atoms with Crippen LogP contribution in [0, 0.1) is 0 Å². The van der Waals surface area contributed by atoms with E-state index >= 15 is 0 Å². The minimum Gasteiger partial charge on any atom is -0.364 e. The van der Waals surface area contributed by atoms with E-state index in [2.05, 4.69) is 21.4 Å². The molecule has 144 valence electrons. The first kappa shape index (κ1) is 17.7. The summed E-state index contributed by atoms with van der Waals surface area (Å²) in [5.41, 5.74) is 4.38. The fourth-order valence-corrected chi connectivity index (χ4v) is 3.86. The number of benzene rings is 1. The molecular formula is C22H18ClN5O. The molecule has 0 saturated heterocycles. The van der Waals surface area contributed by atoms with E-state index in [1.807, 2.05) is 58.1 Å². The number of carbonyl (C=O) groups is 1. The summed E-state index contributed by atoms with van der Waals surface area (Å²) >= 11 is 6.04. The van der Waals surface area contributed by atoms with Crippen LogP contribution in [-0.2, 0) is 13.0 Å². The molecule has 3 aromatic heterocycles. The van der Waals surface area contributed by atoms with Crippen LogP contribution in [0.15, 0.2) is 67.1 Å². The molecule has 4 aromatic rings. The third-order valence-electron chi connectivity index (χ3n) is 5.07. The van der Waals surface area contributed by atoms with Gasteiger partial charge in [-0.05, 0) is 42.3 Å². The van der Waals surface area contributed by atoms with Gasteiger partial charge in [-0.25, -0.2) is 9.97 Å². The fourth-order valence-electron chi connectivity index (χ4n) is 3.69. The van der Waals surface area contributed by atoms with Crippen LogP contribution in [-0.4, -0.2) is 26.8 Å². The van der Waals surface area contributed by atoms with Gasteiger partial charge in [0.05, 0.1) is 22.8 Å². The van der Waals surface area contributed by atoms with Crippen molar-refractivity contribution >= 4 is 34.7 Å². The first-order valence-corrected chi connectivity index (χ1v) is 9.78. The number of fused-ring (bicyclic) bond motifs is 2. The van der Waals surface area contributed by atoms with Crippen LogP contribution in [0.4, 0.5) is 11.5 Å². The van der Waals surface area contributed by atoms with E-state index in [1.165, 1.54) is 5.56 Å². The van der Waals surface area contributed by atoms with Crippen molar-refractivity contribution in [1.82, 2.24) is 14.4 Å². The van der Waals surface area contributed by atoms with Gasteiger partial charge in [-0.15, -0.1) is 0 Å². The molecule has 1 N–H and O–H groups in total. The van der Waals surface area contributed by atoms with Crippen LogP contribution in [0.3, 0.4) is 0 Å². The van der Waals surface area contributed by atoms with E-state index in [9.17, 15) is 4.79 Å². The topological polar surface area (TPSA) is 62.5 Å². The molecule has 0 atom stereocenters. The van der Waals surface area contributed by atoms with E-state index in [1.54, 1.807) is 12.3 Å². The number of para-hydroxylation sites is 1. The summed E-state index contributed by atoms with van der Waals surface area (Å²) in [6.45, 7) is 1.13. The minimum absolute atomic E-state index is 0.0488. The lowest BCUT2D eigenvalue weighted by Gasteiger charge is -2.19. The summed E-state index contributed by atoms with van der Waals surface area (Å²) in [6.07, 6.45) is 6.28. The van der Waals surface area contributed by atoms with E-state index in [0.717, 1.165) is 23.4 Å². The zero-order valence-corrected chi connectivity index (χ0v) is 16.3. The van der Waals surface area contributed by atoms with Crippen molar-refractivity contribution in [3.8, 4) is 0 Å². The number of imidazole rings is 1. The molecule has 0 radical (unpaired) electrons. The van der Waals surface area contributed by atoms with Crippen molar-refractivity contribution in [2.75, 3.05) is 16.8 Å². The monoisotopic (exact) mass is 403 g/mol. The first-order valence-electron chi connectivity index (χ1n) is 9.41. The average Bonchev–Trinajstić information content (AvgIpc) is 3.35. The Labute approximate surface area is 172 Å². The third-order valence-corrected chi connectivity index (χ3v) is 5.30. The molecule has 0 saturated carbocycles. The molecule has 5 rings (SSSR count). The van der Waals surface area contributed by atoms with Gasteiger partial charge < -0.3 is 14.6 Å². The fraction of sp³-hybridized carbons (Fsp3) is 0.136. The predicted molar refractivity (Wildman–Crippen MR) is 114 cm³/mol. The van der Waals surface area contributed by atoms with Crippen LogP contribution in [0.2, 0.25) is 5.02 Å². The molecule has 1 aromatic carbocycles. The molecule has 1 aliphatic heterocycles. The van der Waals surface area contributed by atoms with Crippen molar-refractivity contribution < 1.29 is 4.79 Å². The largest absolute Gasteiger partial charge is 0.364 e. The number of anilines is 2. The Morgan fingerprint density at radius 2 is 2.00 bits per heavy atom. The van der Waals surface area contributed by atoms with Gasteiger partial charge >= 0.3 is 0 Å². The molecule has 0 aliphatic carbocycles. The smallest absolute Gasteiger partial charge is 0.262 e. The number of hydrogen-bond donors (Lipinski definition) is 1. The lowest BCUT2D eigenvalue weighted by molar-refractivity contribution is 0.0990. The number of rotatable bonds is 4. The number of pyridine rings is 2. The Balaban J connectivity index is 1.38. The van der Waals surface area contributed by atoms with Gasteiger partial charge in [-0.1, -0.05) is 29.8 Å². The molecule has 0 bridgehead atoms. The Morgan fingerprint density at radius 1 is 1.10 bits per heavy atom. The predicted octanol–water partition coefficient (Wildman–Crippen LogP) is 4.20. The highest BCUT2D eigenvalue weighted by molar-refractivity contribution is 6.30. The second-order valence-corrected chi connectivity index (χ2v) is 7.37. The molecule has 1 amide bonds. The zero-order chi connectivity index (χ0) is 19.8. The van der Waals surface area contributed by atoms with Gasteiger partial charge in [0.2, 0.25) is 0 Å². The summed E-state index contributed by atoms with van der Waals surface area (Å²) in [5.74, 6) is 0.504. The average molecular weight is 404 g/mol. The van der Waals surface area contributed by atoms with Gasteiger partial charge in [0.25, 0.3) is 5.91 Å². The molecule has 7 heteroatoms. The maximum Gasteiger partial charge on any atom is 0.262 e. The normalized spacial score (nSPS) is 12.9. The molecule has 29 heavy (non-hydrogen) atoms. The summed E-state index contributed by atoms with van der Waals surface area (Å²) in [5, 5.41) is 3.92. The highest BCUT2D eigenvalue weighted by Gasteiger charge is 2.27.